The van der Waals surface area contributed by atoms with Gasteiger partial charge in [0.05, 0.1) is 0 Å². The predicted octanol–water partition coefficient (Wildman–Crippen LogP) is -14.4. The van der Waals surface area contributed by atoms with Crippen LogP contribution in [-0.4, -0.2) is 45.9 Å². The Hall–Kier alpha value is 1.54. The topological polar surface area (TPSA) is 316 Å². The molecule has 0 aliphatic carbocycles. The predicted molar refractivity (Wildman–Crippen MR) is 32.2 cm³/mol. The Morgan fingerprint density at radius 2 is 0.333 bits per heavy atom. The smallest absolute Gasteiger partial charge is 0.672 e. The minimum atomic E-state index is -3.63. The summed E-state index contributed by atoms with van der Waals surface area (Å²) in [6, 6.07) is 0. The first-order valence-electron chi connectivity index (χ1n) is 3.06. The van der Waals surface area contributed by atoms with Gasteiger partial charge in [-0.25, -0.2) is 0 Å². The van der Waals surface area contributed by atoms with Crippen molar-refractivity contribution in [1.29, 1.82) is 0 Å². The van der Waals surface area contributed by atoms with Crippen LogP contribution in [0.4, 0.5) is 0 Å². The van der Waals surface area contributed by atoms with Crippen molar-refractivity contribution in [3.8, 4) is 0 Å². The molecule has 0 saturated heterocycles. The second-order valence-corrected chi connectivity index (χ2v) is 3.75. The number of rotatable bonds is 0. The zero-order chi connectivity index (χ0) is 17.9. The van der Waals surface area contributed by atoms with E-state index in [1.165, 1.54) is 0 Å². The fourth-order valence-corrected chi connectivity index (χ4v) is 0. The maximum Gasteiger partial charge on any atom is 3.00 e. The van der Waals surface area contributed by atoms with Crippen molar-refractivity contribution < 1.29 is 175 Å². The molecule has 0 aliphatic rings. The van der Waals surface area contributed by atoms with E-state index in [2.05, 4.69) is 0 Å². The molecule has 0 aliphatic heterocycles. The van der Waals surface area contributed by atoms with Gasteiger partial charge in [-0.1, -0.05) is 0 Å². The first-order valence-corrected chi connectivity index (χ1v) is 9.19. The van der Waals surface area contributed by atoms with Crippen LogP contribution in [-0.2, 0) is 127 Å². The molecule has 15 nitrogen and oxygen atoms in total. The van der Waals surface area contributed by atoms with Gasteiger partial charge in [-0.2, -0.15) is 0 Å². The normalized spacial score (nSPS) is 5.00. The zero-order valence-corrected chi connectivity index (χ0v) is 27.8. The van der Waals surface area contributed by atoms with Crippen LogP contribution in [0.3, 0.4) is 0 Å². The summed E-state index contributed by atoms with van der Waals surface area (Å²) in [7, 11) is -18.1. The Bertz CT molecular complexity index is 221. The Kier molecular flexibility index (Phi) is 116. The van der Waals surface area contributed by atoms with Crippen LogP contribution in [0.15, 0.2) is 0 Å². The molecule has 24 heavy (non-hydrogen) atoms. The molecule has 0 aromatic rings. The first-order chi connectivity index (χ1) is 8.66. The number of hydrogen-bond acceptors (Lipinski definition) is 15. The molecule has 0 atom stereocenters. The third-order valence-electron chi connectivity index (χ3n) is 0. The van der Waals surface area contributed by atoms with Gasteiger partial charge < -0.3 is 70.3 Å². The minimum absolute atomic E-state index is 0. The second-order valence-electron chi connectivity index (χ2n) is 1.25. The molecule has 0 rings (SSSR count). The van der Waals surface area contributed by atoms with E-state index in [0.717, 1.165) is 0 Å². The van der Waals surface area contributed by atoms with Gasteiger partial charge in [0.1, 0.15) is 0 Å². The van der Waals surface area contributed by atoms with Crippen LogP contribution in [0, 0.1) is 0 Å². The monoisotopic (exact) mass is 685 g/mol. The van der Waals surface area contributed by atoms with E-state index in [1.807, 2.05) is 0 Å². The van der Waals surface area contributed by atoms with Gasteiger partial charge in [-0.15, -0.1) is 0 Å². The molecule has 0 unspecified atom stereocenters. The van der Waals surface area contributed by atoms with Gasteiger partial charge in [0.25, 0.3) is 0 Å². The molecule has 120 valence electrons. The Labute approximate surface area is 217 Å². The van der Waals surface area contributed by atoms with Crippen molar-refractivity contribution in [2.75, 3.05) is 0 Å². The van der Waals surface area contributed by atoms with Crippen molar-refractivity contribution in [3.05, 3.63) is 0 Å². The summed E-state index contributed by atoms with van der Waals surface area (Å²) < 4.78 is 42.6. The van der Waals surface area contributed by atoms with E-state index in [0.29, 0.717) is 0 Å². The van der Waals surface area contributed by atoms with E-state index in [-0.39, 0.29) is 104 Å². The van der Waals surface area contributed by atoms with E-state index in [4.69, 9.17) is 70.3 Å². The fraction of sp³-hybridized carbons (Fsp3) is 0. The molecule has 0 fully saturated rings. The third-order valence-corrected chi connectivity index (χ3v) is 0. The molecule has 0 spiro atoms. The maximum atomic E-state index is 8.52. The Morgan fingerprint density at radius 1 is 0.333 bits per heavy atom. The summed E-state index contributed by atoms with van der Waals surface area (Å²) in [6.45, 7) is 0. The standard InChI is InChI=1S/5O3Si.2Y.2Zn/c5*1-4(2)3;;;;/q5*-2;2*+3;2*+2. The minimum Gasteiger partial charge on any atom is -0.672 e. The van der Waals surface area contributed by atoms with Gasteiger partial charge in [-0.05, 0) is 0 Å². The average Bonchev–Trinajstić information content (AvgIpc) is 1.94. The van der Waals surface area contributed by atoms with E-state index < -0.39 is 45.9 Å². The molecule has 0 N–H and O–H groups in total. The molecule has 24 heteroatoms. The van der Waals surface area contributed by atoms with Gasteiger partial charge in [-0.3, -0.25) is 0 Å². The first kappa shape index (κ1) is 56.2. The van der Waals surface area contributed by atoms with E-state index in [9.17, 15) is 0 Å². The summed E-state index contributed by atoms with van der Waals surface area (Å²) in [5.41, 5.74) is 0. The average molecular weight is 689 g/mol. The summed E-state index contributed by atoms with van der Waals surface area (Å²) in [5, 5.41) is 0. The SMILES string of the molecule is O=[Si]([O-])[O-].O=[Si]([O-])[O-].O=[Si]([O-])[O-].O=[Si]([O-])[O-].O=[Si]([O-])[O-].[Y+3].[Y+3].[Zn+2].[Zn+2]. The molecule has 0 heterocycles. The summed E-state index contributed by atoms with van der Waals surface area (Å²) >= 11 is 0. The molecule has 0 aromatic heterocycles. The van der Waals surface area contributed by atoms with Crippen LogP contribution in [0.5, 0.6) is 0 Å². The zero-order valence-electron chi connectivity index (χ0n) is 11.2. The van der Waals surface area contributed by atoms with Crippen molar-refractivity contribution in [1.82, 2.24) is 0 Å². The van der Waals surface area contributed by atoms with Crippen molar-refractivity contribution in [2.45, 2.75) is 0 Å². The summed E-state index contributed by atoms with van der Waals surface area (Å²) in [6.07, 6.45) is 0. The van der Waals surface area contributed by atoms with Crippen LogP contribution in [0.25, 0.3) is 0 Å². The summed E-state index contributed by atoms with van der Waals surface area (Å²) in [5.74, 6) is 0. The Balaban J connectivity index is -0.0000000161. The fourth-order valence-electron chi connectivity index (χ4n) is 0. The number of hydrogen-bond donors (Lipinski definition) is 0. The second kappa shape index (κ2) is 49.7. The van der Waals surface area contributed by atoms with Gasteiger partial charge in [0, 0.05) is 45.9 Å². The quantitative estimate of drug-likeness (QED) is 0.213. The van der Waals surface area contributed by atoms with Gasteiger partial charge in [0.15, 0.2) is 0 Å². The van der Waals surface area contributed by atoms with Gasteiger partial charge >= 0.3 is 104 Å². The van der Waals surface area contributed by atoms with Crippen molar-refractivity contribution in [2.24, 2.45) is 0 Å². The van der Waals surface area contributed by atoms with E-state index in [1.54, 1.807) is 0 Å². The van der Waals surface area contributed by atoms with Crippen molar-refractivity contribution in [3.63, 3.8) is 0 Å². The van der Waals surface area contributed by atoms with Crippen molar-refractivity contribution >= 4 is 45.9 Å². The maximum absolute atomic E-state index is 8.52. The largest absolute Gasteiger partial charge is 3.00 e. The molecule has 0 bridgehead atoms. The van der Waals surface area contributed by atoms with Crippen LogP contribution in [0.1, 0.15) is 0 Å². The summed E-state index contributed by atoms with van der Waals surface area (Å²) in [4.78, 5) is 85.2. The molecule has 0 aromatic carbocycles. The molecular formula is O15Si5Y2Zn2. The third kappa shape index (κ3) is 5050. The molecule has 0 saturated carbocycles. The van der Waals surface area contributed by atoms with Gasteiger partial charge in [0.2, 0.25) is 0 Å². The van der Waals surface area contributed by atoms with Crippen LogP contribution in [0.2, 0.25) is 0 Å². The Morgan fingerprint density at radius 3 is 0.333 bits per heavy atom. The molecule has 0 amide bonds. The van der Waals surface area contributed by atoms with Crippen LogP contribution < -0.4 is 48.0 Å². The molecule has 0 radical (unpaired) electrons. The molecular weight excluding hydrogens is 689 g/mol. The van der Waals surface area contributed by atoms with Crippen LogP contribution >= 0.6 is 0 Å². The van der Waals surface area contributed by atoms with E-state index >= 15 is 0 Å².